The molecule has 0 fully saturated rings. The van der Waals surface area contributed by atoms with Crippen LogP contribution >= 0.6 is 11.6 Å². The Bertz CT molecular complexity index is 457. The first kappa shape index (κ1) is 16.5. The molecule has 110 valence electrons. The van der Waals surface area contributed by atoms with Crippen molar-refractivity contribution in [2.24, 2.45) is 5.92 Å². The summed E-state index contributed by atoms with van der Waals surface area (Å²) in [6, 6.07) is 6.34. The molecule has 1 unspecified atom stereocenters. The van der Waals surface area contributed by atoms with Gasteiger partial charge in [-0.15, -0.1) is 11.6 Å². The van der Waals surface area contributed by atoms with Crippen molar-refractivity contribution < 1.29 is 14.3 Å². The van der Waals surface area contributed by atoms with E-state index in [9.17, 15) is 9.59 Å². The van der Waals surface area contributed by atoms with Crippen LogP contribution in [0.25, 0.3) is 0 Å². The standard InChI is InChI=1S/C15H20ClNO3/c1-10(2)8-13(15(19)20-3)17-14(18)12-6-4-11(9-16)5-7-12/h4-7,10,13H,8-9H2,1-3H3,(H,17,18). The zero-order valence-electron chi connectivity index (χ0n) is 12.0. The van der Waals surface area contributed by atoms with Gasteiger partial charge >= 0.3 is 5.97 Å². The van der Waals surface area contributed by atoms with E-state index in [1.807, 2.05) is 13.8 Å². The number of rotatable bonds is 6. The number of esters is 1. The minimum Gasteiger partial charge on any atom is -0.467 e. The Morgan fingerprint density at radius 1 is 1.25 bits per heavy atom. The summed E-state index contributed by atoms with van der Waals surface area (Å²) in [5.41, 5.74) is 1.44. The smallest absolute Gasteiger partial charge is 0.328 e. The fraction of sp³-hybridized carbons (Fsp3) is 0.467. The van der Waals surface area contributed by atoms with Gasteiger partial charge in [0, 0.05) is 11.4 Å². The van der Waals surface area contributed by atoms with Crippen molar-refractivity contribution in [1.29, 1.82) is 0 Å². The predicted molar refractivity (Wildman–Crippen MR) is 78.7 cm³/mol. The summed E-state index contributed by atoms with van der Waals surface area (Å²) in [5.74, 6) is -0.0374. The number of amides is 1. The summed E-state index contributed by atoms with van der Waals surface area (Å²) >= 11 is 5.70. The van der Waals surface area contributed by atoms with Gasteiger partial charge < -0.3 is 10.1 Å². The Hall–Kier alpha value is -1.55. The molecule has 0 heterocycles. The van der Waals surface area contributed by atoms with Crippen LogP contribution < -0.4 is 5.32 Å². The monoisotopic (exact) mass is 297 g/mol. The number of halogens is 1. The van der Waals surface area contributed by atoms with Crippen LogP contribution in [0.3, 0.4) is 0 Å². The lowest BCUT2D eigenvalue weighted by atomic mass is 10.0. The maximum absolute atomic E-state index is 12.1. The first-order chi connectivity index (χ1) is 9.47. The predicted octanol–water partition coefficient (Wildman–Crippen LogP) is 2.74. The van der Waals surface area contributed by atoms with E-state index in [2.05, 4.69) is 5.32 Å². The fourth-order valence-electron chi connectivity index (χ4n) is 1.81. The molecule has 1 N–H and O–H groups in total. The molecule has 1 aromatic rings. The van der Waals surface area contributed by atoms with E-state index < -0.39 is 12.0 Å². The van der Waals surface area contributed by atoms with Gasteiger partial charge in [-0.1, -0.05) is 26.0 Å². The zero-order chi connectivity index (χ0) is 15.1. The van der Waals surface area contributed by atoms with E-state index in [-0.39, 0.29) is 11.8 Å². The van der Waals surface area contributed by atoms with E-state index in [1.165, 1.54) is 7.11 Å². The molecule has 20 heavy (non-hydrogen) atoms. The number of methoxy groups -OCH3 is 1. The Labute approximate surface area is 124 Å². The van der Waals surface area contributed by atoms with Crippen molar-refractivity contribution in [2.75, 3.05) is 7.11 Å². The van der Waals surface area contributed by atoms with Crippen molar-refractivity contribution in [1.82, 2.24) is 5.32 Å². The van der Waals surface area contributed by atoms with Crippen LogP contribution in [0.4, 0.5) is 0 Å². The van der Waals surface area contributed by atoms with Crippen LogP contribution in [-0.4, -0.2) is 25.0 Å². The SMILES string of the molecule is COC(=O)C(CC(C)C)NC(=O)c1ccc(CCl)cc1. The molecule has 5 heteroatoms. The Balaban J connectivity index is 2.76. The third kappa shape index (κ3) is 4.85. The van der Waals surface area contributed by atoms with Gasteiger partial charge in [0.15, 0.2) is 0 Å². The number of hydrogen-bond donors (Lipinski definition) is 1. The summed E-state index contributed by atoms with van der Waals surface area (Å²) in [7, 11) is 1.32. The number of carbonyl (C=O) groups excluding carboxylic acids is 2. The van der Waals surface area contributed by atoms with Gasteiger partial charge in [-0.25, -0.2) is 4.79 Å². The van der Waals surface area contributed by atoms with Crippen LogP contribution in [0.1, 0.15) is 36.2 Å². The van der Waals surface area contributed by atoms with Gasteiger partial charge in [0.1, 0.15) is 6.04 Å². The molecule has 4 nitrogen and oxygen atoms in total. The second-order valence-corrected chi connectivity index (χ2v) is 5.28. The summed E-state index contributed by atoms with van der Waals surface area (Å²) in [5, 5.41) is 2.71. The quantitative estimate of drug-likeness (QED) is 0.649. The molecule has 0 bridgehead atoms. The highest BCUT2D eigenvalue weighted by Gasteiger charge is 2.23. The maximum atomic E-state index is 12.1. The minimum atomic E-state index is -0.625. The van der Waals surface area contributed by atoms with E-state index in [0.29, 0.717) is 17.9 Å². The summed E-state index contributed by atoms with van der Waals surface area (Å²) in [6.07, 6.45) is 0.540. The lowest BCUT2D eigenvalue weighted by Gasteiger charge is -2.18. The van der Waals surface area contributed by atoms with Crippen molar-refractivity contribution in [3.8, 4) is 0 Å². The largest absolute Gasteiger partial charge is 0.467 e. The van der Waals surface area contributed by atoms with Crippen LogP contribution in [0.15, 0.2) is 24.3 Å². The highest BCUT2D eigenvalue weighted by molar-refractivity contribution is 6.17. The molecule has 0 saturated carbocycles. The average molecular weight is 298 g/mol. The third-order valence-corrected chi connectivity index (χ3v) is 3.18. The molecule has 0 saturated heterocycles. The van der Waals surface area contributed by atoms with Crippen LogP contribution in [0.5, 0.6) is 0 Å². The molecule has 1 amide bonds. The molecule has 0 aliphatic carbocycles. The van der Waals surface area contributed by atoms with Crippen molar-refractivity contribution >= 4 is 23.5 Å². The van der Waals surface area contributed by atoms with Gasteiger partial charge in [-0.05, 0) is 30.0 Å². The average Bonchev–Trinajstić information content (AvgIpc) is 2.45. The summed E-state index contributed by atoms with van der Waals surface area (Å²) in [6.45, 7) is 3.97. The number of hydrogen-bond acceptors (Lipinski definition) is 3. The number of nitrogens with one attached hydrogen (secondary N) is 1. The first-order valence-corrected chi connectivity index (χ1v) is 7.05. The van der Waals surface area contributed by atoms with Crippen LogP contribution in [0.2, 0.25) is 0 Å². The molecule has 0 aromatic heterocycles. The number of alkyl halides is 1. The van der Waals surface area contributed by atoms with E-state index in [4.69, 9.17) is 16.3 Å². The van der Waals surface area contributed by atoms with Crippen molar-refractivity contribution in [3.05, 3.63) is 35.4 Å². The van der Waals surface area contributed by atoms with E-state index in [0.717, 1.165) is 5.56 Å². The topological polar surface area (TPSA) is 55.4 Å². The Morgan fingerprint density at radius 2 is 1.85 bits per heavy atom. The zero-order valence-corrected chi connectivity index (χ0v) is 12.7. The normalized spacial score (nSPS) is 12.1. The summed E-state index contributed by atoms with van der Waals surface area (Å²) < 4.78 is 4.72. The van der Waals surface area contributed by atoms with E-state index >= 15 is 0 Å². The van der Waals surface area contributed by atoms with Crippen molar-refractivity contribution in [2.45, 2.75) is 32.2 Å². The fourth-order valence-corrected chi connectivity index (χ4v) is 1.99. The van der Waals surface area contributed by atoms with Gasteiger partial charge in [0.2, 0.25) is 0 Å². The minimum absolute atomic E-state index is 0.276. The molecule has 1 aromatic carbocycles. The molecule has 0 aliphatic rings. The van der Waals surface area contributed by atoms with Crippen LogP contribution in [-0.2, 0) is 15.4 Å². The summed E-state index contributed by atoms with van der Waals surface area (Å²) in [4.78, 5) is 23.8. The second kappa shape index (κ2) is 7.90. The molecule has 0 radical (unpaired) electrons. The lowest BCUT2D eigenvalue weighted by molar-refractivity contribution is -0.143. The second-order valence-electron chi connectivity index (χ2n) is 5.01. The number of benzene rings is 1. The number of carbonyl (C=O) groups is 2. The molecule has 1 atom stereocenters. The molecular weight excluding hydrogens is 278 g/mol. The van der Waals surface area contributed by atoms with Gasteiger partial charge in [0.25, 0.3) is 5.91 Å². The van der Waals surface area contributed by atoms with Gasteiger partial charge in [-0.3, -0.25) is 4.79 Å². The van der Waals surface area contributed by atoms with Gasteiger partial charge in [0.05, 0.1) is 7.11 Å². The molecular formula is C15H20ClNO3. The molecule has 0 spiro atoms. The molecule has 1 rings (SSSR count). The van der Waals surface area contributed by atoms with Crippen molar-refractivity contribution in [3.63, 3.8) is 0 Å². The Kier molecular flexibility index (Phi) is 6.52. The maximum Gasteiger partial charge on any atom is 0.328 e. The molecule has 0 aliphatic heterocycles. The first-order valence-electron chi connectivity index (χ1n) is 6.51. The lowest BCUT2D eigenvalue weighted by Crippen LogP contribution is -2.42. The highest BCUT2D eigenvalue weighted by atomic mass is 35.5. The van der Waals surface area contributed by atoms with Crippen LogP contribution in [0, 0.1) is 5.92 Å². The third-order valence-electron chi connectivity index (χ3n) is 2.87. The Morgan fingerprint density at radius 3 is 2.30 bits per heavy atom. The highest BCUT2D eigenvalue weighted by Crippen LogP contribution is 2.10. The van der Waals surface area contributed by atoms with Gasteiger partial charge in [-0.2, -0.15) is 0 Å². The number of ether oxygens (including phenoxy) is 1. The van der Waals surface area contributed by atoms with E-state index in [1.54, 1.807) is 24.3 Å².